The van der Waals surface area contributed by atoms with Crippen LogP contribution in [0.5, 0.6) is 0 Å². The molecule has 0 aliphatic carbocycles. The Bertz CT molecular complexity index is 1580. The van der Waals surface area contributed by atoms with Gasteiger partial charge in [-0.3, -0.25) is 9.59 Å². The maximum Gasteiger partial charge on any atom is 0.337 e. The molecule has 1 aliphatic rings. The first-order chi connectivity index (χ1) is 17.8. The maximum atomic E-state index is 13.7. The highest BCUT2D eigenvalue weighted by Crippen LogP contribution is 2.41. The molecule has 0 bridgehead atoms. The molecule has 0 saturated carbocycles. The van der Waals surface area contributed by atoms with Gasteiger partial charge in [-0.25, -0.2) is 4.79 Å². The van der Waals surface area contributed by atoms with Crippen LogP contribution in [0.1, 0.15) is 43.6 Å². The summed E-state index contributed by atoms with van der Waals surface area (Å²) in [6.07, 6.45) is 0. The average molecular weight is 516 g/mol. The lowest BCUT2D eigenvalue weighted by molar-refractivity contribution is -0.130. The highest BCUT2D eigenvalue weighted by molar-refractivity contribution is 6.31. The number of aliphatic hydroxyl groups is 1. The van der Waals surface area contributed by atoms with E-state index in [4.69, 9.17) is 20.8 Å². The van der Waals surface area contributed by atoms with Crippen LogP contribution in [-0.4, -0.2) is 34.8 Å². The first-order valence-electron chi connectivity index (χ1n) is 11.5. The van der Waals surface area contributed by atoms with Crippen LogP contribution in [0.4, 0.5) is 0 Å². The Morgan fingerprint density at radius 1 is 1.05 bits per heavy atom. The van der Waals surface area contributed by atoms with Crippen molar-refractivity contribution in [3.05, 3.63) is 117 Å². The van der Waals surface area contributed by atoms with E-state index in [2.05, 4.69) is 0 Å². The molecule has 1 aliphatic heterocycles. The number of rotatable bonds is 6. The third-order valence-electron chi connectivity index (χ3n) is 6.46. The van der Waals surface area contributed by atoms with E-state index in [0.717, 1.165) is 5.56 Å². The van der Waals surface area contributed by atoms with Crippen LogP contribution < -0.4 is 0 Å². The number of Topliss-reactive ketones (excluding diaryl/α,β-unsaturated/α-hetero) is 1. The normalized spacial score (nSPS) is 15.5. The number of nitrogens with zero attached hydrogens (tertiary/aromatic N) is 1. The first-order valence-corrected chi connectivity index (χ1v) is 11.9. The summed E-state index contributed by atoms with van der Waals surface area (Å²) in [7, 11) is 1.30. The molecule has 0 saturated heterocycles. The molecule has 0 spiro atoms. The Morgan fingerprint density at radius 3 is 2.49 bits per heavy atom. The molecule has 7 nitrogen and oxygen atoms in total. The smallest absolute Gasteiger partial charge is 0.337 e. The van der Waals surface area contributed by atoms with Gasteiger partial charge in [-0.1, -0.05) is 48.0 Å². The number of carbonyl (C=O) groups is 3. The summed E-state index contributed by atoms with van der Waals surface area (Å²) in [4.78, 5) is 40.3. The topological polar surface area (TPSA) is 97.0 Å². The van der Waals surface area contributed by atoms with Crippen LogP contribution in [0.2, 0.25) is 5.02 Å². The quantitative estimate of drug-likeness (QED) is 0.251. The van der Waals surface area contributed by atoms with Gasteiger partial charge in [0.15, 0.2) is 11.5 Å². The van der Waals surface area contributed by atoms with Gasteiger partial charge in [-0.15, -0.1) is 0 Å². The van der Waals surface area contributed by atoms with Crippen molar-refractivity contribution in [1.82, 2.24) is 4.90 Å². The summed E-state index contributed by atoms with van der Waals surface area (Å²) >= 11 is 6.08. The number of ketones is 1. The number of furan rings is 1. The molecule has 1 unspecified atom stereocenters. The number of hydrogen-bond acceptors (Lipinski definition) is 6. The van der Waals surface area contributed by atoms with Gasteiger partial charge in [0.05, 0.1) is 24.3 Å². The van der Waals surface area contributed by atoms with E-state index < -0.39 is 29.5 Å². The monoisotopic (exact) mass is 515 g/mol. The minimum atomic E-state index is -0.849. The van der Waals surface area contributed by atoms with Gasteiger partial charge in [0.1, 0.15) is 5.58 Å². The summed E-state index contributed by atoms with van der Waals surface area (Å²) in [5, 5.41) is 12.1. The third kappa shape index (κ3) is 4.38. The standard InChI is InChI=1S/C29H22ClNO6/c1-16-5-3-4-6-21(16)25-24(26(32)23-14-19-13-20(30)11-12-22(19)37-23)27(33)28(34)31(25)15-17-7-9-18(10-8-17)29(35)36-2/h3-14,25,33H,15H2,1-2H3. The van der Waals surface area contributed by atoms with Gasteiger partial charge in [0.25, 0.3) is 5.91 Å². The van der Waals surface area contributed by atoms with E-state index in [0.29, 0.717) is 32.7 Å². The molecule has 1 N–H and O–H groups in total. The Balaban J connectivity index is 1.56. The number of carbonyl (C=O) groups excluding carboxylic acids is 3. The van der Waals surface area contributed by atoms with Gasteiger partial charge in [0, 0.05) is 17.0 Å². The van der Waals surface area contributed by atoms with E-state index in [1.807, 2.05) is 31.2 Å². The summed E-state index contributed by atoms with van der Waals surface area (Å²) in [6, 6.07) is 19.7. The highest BCUT2D eigenvalue weighted by atomic mass is 35.5. The molecule has 186 valence electrons. The van der Waals surface area contributed by atoms with Crippen molar-refractivity contribution in [2.75, 3.05) is 7.11 Å². The van der Waals surface area contributed by atoms with E-state index >= 15 is 0 Å². The largest absolute Gasteiger partial charge is 0.503 e. The summed E-state index contributed by atoms with van der Waals surface area (Å²) in [6.45, 7) is 1.97. The minimum absolute atomic E-state index is 0.00511. The molecule has 37 heavy (non-hydrogen) atoms. The van der Waals surface area contributed by atoms with Gasteiger partial charge in [-0.2, -0.15) is 0 Å². The zero-order chi connectivity index (χ0) is 26.3. The number of halogens is 1. The van der Waals surface area contributed by atoms with Crippen molar-refractivity contribution in [1.29, 1.82) is 0 Å². The zero-order valence-corrected chi connectivity index (χ0v) is 20.8. The van der Waals surface area contributed by atoms with E-state index in [9.17, 15) is 19.5 Å². The second-order valence-corrected chi connectivity index (χ2v) is 9.20. The molecule has 3 aromatic carbocycles. The lowest BCUT2D eigenvalue weighted by Gasteiger charge is -2.28. The molecule has 5 rings (SSSR count). The van der Waals surface area contributed by atoms with Crippen LogP contribution in [0.3, 0.4) is 0 Å². The predicted molar refractivity (Wildman–Crippen MR) is 137 cm³/mol. The first kappa shape index (κ1) is 24.3. The van der Waals surface area contributed by atoms with Crippen molar-refractivity contribution in [3.8, 4) is 0 Å². The Kier molecular flexibility index (Phi) is 6.31. The van der Waals surface area contributed by atoms with Crippen LogP contribution in [-0.2, 0) is 16.1 Å². The Labute approximate surface area is 217 Å². The van der Waals surface area contributed by atoms with Crippen LogP contribution in [0, 0.1) is 6.92 Å². The predicted octanol–water partition coefficient (Wildman–Crippen LogP) is 5.96. The number of amides is 1. The summed E-state index contributed by atoms with van der Waals surface area (Å²) < 4.78 is 10.5. The third-order valence-corrected chi connectivity index (χ3v) is 6.70. The molecule has 2 heterocycles. The number of ether oxygens (including phenoxy) is 1. The van der Waals surface area contributed by atoms with Gasteiger partial charge in [-0.05, 0) is 60.0 Å². The number of aliphatic hydroxyl groups excluding tert-OH is 1. The summed E-state index contributed by atoms with van der Waals surface area (Å²) in [5.74, 6) is -2.36. The molecule has 0 fully saturated rings. The van der Waals surface area contributed by atoms with Crippen LogP contribution in [0.15, 0.2) is 88.5 Å². The van der Waals surface area contributed by atoms with E-state index in [1.165, 1.54) is 12.0 Å². The van der Waals surface area contributed by atoms with Crippen LogP contribution in [0.25, 0.3) is 11.0 Å². The average Bonchev–Trinajstić information content (AvgIpc) is 3.43. The fourth-order valence-corrected chi connectivity index (χ4v) is 4.77. The molecular weight excluding hydrogens is 494 g/mol. The van der Waals surface area contributed by atoms with Gasteiger partial charge < -0.3 is 19.2 Å². The number of hydrogen-bond donors (Lipinski definition) is 1. The highest BCUT2D eigenvalue weighted by Gasteiger charge is 2.45. The Morgan fingerprint density at radius 2 is 1.78 bits per heavy atom. The lowest BCUT2D eigenvalue weighted by Crippen LogP contribution is -2.31. The molecule has 4 aromatic rings. The maximum absolute atomic E-state index is 13.7. The van der Waals surface area contributed by atoms with Crippen LogP contribution >= 0.6 is 11.6 Å². The molecule has 1 atom stereocenters. The lowest BCUT2D eigenvalue weighted by atomic mass is 9.92. The van der Waals surface area contributed by atoms with Gasteiger partial charge in [0.2, 0.25) is 5.78 Å². The summed E-state index contributed by atoms with van der Waals surface area (Å²) in [5.41, 5.74) is 3.04. The van der Waals surface area contributed by atoms with Gasteiger partial charge >= 0.3 is 5.97 Å². The number of benzene rings is 3. The number of methoxy groups -OCH3 is 1. The second-order valence-electron chi connectivity index (χ2n) is 8.76. The number of aryl methyl sites for hydroxylation is 1. The van der Waals surface area contributed by atoms with Crippen molar-refractivity contribution in [2.45, 2.75) is 19.5 Å². The zero-order valence-electron chi connectivity index (χ0n) is 20.0. The molecule has 0 radical (unpaired) electrons. The molecule has 8 heteroatoms. The second kappa shape index (κ2) is 9.59. The molecule has 1 amide bonds. The number of esters is 1. The fourth-order valence-electron chi connectivity index (χ4n) is 4.59. The van der Waals surface area contributed by atoms with Crippen molar-refractivity contribution in [3.63, 3.8) is 0 Å². The van der Waals surface area contributed by atoms with E-state index in [-0.39, 0.29) is 17.9 Å². The number of fused-ring (bicyclic) bond motifs is 1. The SMILES string of the molecule is COC(=O)c1ccc(CN2C(=O)C(O)=C(C(=O)c3cc4cc(Cl)ccc4o3)C2c2ccccc2C)cc1. The van der Waals surface area contributed by atoms with Crippen molar-refractivity contribution in [2.24, 2.45) is 0 Å². The van der Waals surface area contributed by atoms with E-state index in [1.54, 1.807) is 48.5 Å². The molecular formula is C29H22ClNO6. The molecule has 1 aromatic heterocycles. The fraction of sp³-hybridized carbons (Fsp3) is 0.138. The minimum Gasteiger partial charge on any atom is -0.503 e. The van der Waals surface area contributed by atoms with Crippen molar-refractivity contribution >= 4 is 40.2 Å². The van der Waals surface area contributed by atoms with Crippen molar-refractivity contribution < 1.29 is 28.6 Å². The Hall–Kier alpha value is -4.36.